The van der Waals surface area contributed by atoms with Crippen LogP contribution in [0.5, 0.6) is 0 Å². The lowest BCUT2D eigenvalue weighted by atomic mass is 9.93. The lowest BCUT2D eigenvalue weighted by Crippen LogP contribution is -2.45. The maximum atomic E-state index is 13.9. The fourth-order valence-electron chi connectivity index (χ4n) is 5.04. The van der Waals surface area contributed by atoms with Crippen LogP contribution in [0.25, 0.3) is 0 Å². The van der Waals surface area contributed by atoms with Crippen LogP contribution in [0.2, 0.25) is 0 Å². The van der Waals surface area contributed by atoms with E-state index in [1.165, 1.54) is 24.3 Å². The number of nitrogens with zero attached hydrogens (tertiary/aromatic N) is 2. The Morgan fingerprint density at radius 2 is 1.58 bits per heavy atom. The Morgan fingerprint density at radius 1 is 0.938 bits per heavy atom. The van der Waals surface area contributed by atoms with Crippen molar-refractivity contribution in [3.8, 4) is 0 Å². The van der Waals surface area contributed by atoms with Crippen molar-refractivity contribution in [2.24, 2.45) is 0 Å². The lowest BCUT2D eigenvalue weighted by Gasteiger charge is -2.25. The predicted molar refractivity (Wildman–Crippen MR) is 178 cm³/mol. The van der Waals surface area contributed by atoms with Gasteiger partial charge in [0.05, 0.1) is 18.7 Å². The number of hydrogen-bond acceptors (Lipinski definition) is 7. The molecule has 1 aromatic heterocycles. The molecule has 1 N–H and O–H groups in total. The minimum Gasteiger partial charge on any atom is -0.458 e. The normalized spacial score (nSPS) is 13.1. The minimum atomic E-state index is -3.44. The maximum Gasteiger partial charge on any atom is 0.329 e. The molecule has 0 radical (unpaired) electrons. The zero-order valence-electron chi connectivity index (χ0n) is 27.5. The highest BCUT2D eigenvalue weighted by molar-refractivity contribution is 7.90. The van der Waals surface area contributed by atoms with E-state index in [9.17, 15) is 26.8 Å². The molecule has 9 nitrogen and oxygen atoms in total. The summed E-state index contributed by atoms with van der Waals surface area (Å²) in [7, 11) is -3.44. The molecule has 0 bridgehead atoms. The van der Waals surface area contributed by atoms with Gasteiger partial charge in [0.15, 0.2) is 0 Å². The molecule has 0 aliphatic rings. The van der Waals surface area contributed by atoms with Crippen LogP contribution in [0.3, 0.4) is 0 Å². The fraction of sp³-hybridized carbons (Fsp3) is 0.361. The number of aromatic nitrogens is 2. The zero-order valence-corrected chi connectivity index (χ0v) is 28.3. The Hall–Kier alpha value is -4.42. The van der Waals surface area contributed by atoms with Gasteiger partial charge in [-0.25, -0.2) is 27.0 Å². The maximum absolute atomic E-state index is 13.9. The van der Waals surface area contributed by atoms with Crippen LogP contribution in [0.4, 0.5) is 8.78 Å². The second kappa shape index (κ2) is 16.1. The number of sulfone groups is 1. The topological polar surface area (TPSA) is 117 Å². The van der Waals surface area contributed by atoms with Crippen LogP contribution in [-0.2, 0) is 43.5 Å². The molecule has 1 heterocycles. The van der Waals surface area contributed by atoms with Crippen molar-refractivity contribution in [2.45, 2.75) is 64.3 Å². The number of ether oxygens (including phenoxy) is 2. The SMILES string of the molecule is CC(C)(C)OC(=O)[C@H](CCS(C)(=O)=O)NC(=O)c1ccc(C(OCCn2ccnc2)c2ccc(F)cc2)cc1CCc1ccc(F)cc1. The molecule has 4 rings (SSSR count). The van der Waals surface area contributed by atoms with Crippen molar-refractivity contribution in [1.29, 1.82) is 0 Å². The average Bonchev–Trinajstić information content (AvgIpc) is 3.54. The van der Waals surface area contributed by atoms with E-state index in [0.717, 1.165) is 11.8 Å². The summed E-state index contributed by atoms with van der Waals surface area (Å²) in [5.41, 5.74) is 2.28. The molecule has 256 valence electrons. The highest BCUT2D eigenvalue weighted by Gasteiger charge is 2.29. The number of hydrogen-bond donors (Lipinski definition) is 1. The number of halogens is 2. The molecule has 1 amide bonds. The van der Waals surface area contributed by atoms with Crippen LogP contribution >= 0.6 is 0 Å². The number of imidazole rings is 1. The van der Waals surface area contributed by atoms with Crippen LogP contribution in [0.15, 0.2) is 85.5 Å². The number of esters is 1. The summed E-state index contributed by atoms with van der Waals surface area (Å²) < 4.78 is 65.1. The molecular formula is C36H41F2N3O6S. The summed E-state index contributed by atoms with van der Waals surface area (Å²) in [4.78, 5) is 30.9. The van der Waals surface area contributed by atoms with Gasteiger partial charge in [0.2, 0.25) is 0 Å². The average molecular weight is 682 g/mol. The standard InChI is InChI=1S/C36H41F2N3O6S/c1-36(2,3)47-35(43)32(17-22-48(4,44)45)40-34(42)31-16-11-28(23-27(31)8-5-25-6-12-29(37)13-7-25)33(26-9-14-30(38)15-10-26)46-21-20-41-19-18-39-24-41/h6-7,9-16,18-19,23-24,32-33H,5,8,17,20-22H2,1-4H3,(H,40,42)/t32-,33?/m0/s1. The third-order valence-electron chi connectivity index (χ3n) is 7.41. The molecule has 0 spiro atoms. The summed E-state index contributed by atoms with van der Waals surface area (Å²) in [5, 5.41) is 2.70. The molecule has 0 aliphatic carbocycles. The predicted octanol–water partition coefficient (Wildman–Crippen LogP) is 5.63. The summed E-state index contributed by atoms with van der Waals surface area (Å²) in [5.74, 6) is -2.41. The van der Waals surface area contributed by atoms with Crippen LogP contribution in [-0.4, -0.2) is 60.1 Å². The number of rotatable bonds is 15. The lowest BCUT2D eigenvalue weighted by molar-refractivity contribution is -0.157. The Kier molecular flexibility index (Phi) is 12.2. The van der Waals surface area contributed by atoms with Gasteiger partial charge in [-0.05, 0) is 92.6 Å². The van der Waals surface area contributed by atoms with Crippen LogP contribution in [0, 0.1) is 11.6 Å². The third kappa shape index (κ3) is 11.4. The Balaban J connectivity index is 1.68. The Bertz CT molecular complexity index is 1770. The van der Waals surface area contributed by atoms with E-state index < -0.39 is 45.3 Å². The molecule has 0 saturated heterocycles. The van der Waals surface area contributed by atoms with E-state index in [1.54, 1.807) is 69.7 Å². The molecule has 4 aromatic rings. The van der Waals surface area contributed by atoms with E-state index in [-0.39, 0.29) is 23.6 Å². The Morgan fingerprint density at radius 3 is 2.19 bits per heavy atom. The first-order valence-electron chi connectivity index (χ1n) is 15.6. The molecule has 0 saturated carbocycles. The number of benzene rings is 3. The molecule has 0 aliphatic heterocycles. The smallest absolute Gasteiger partial charge is 0.329 e. The van der Waals surface area contributed by atoms with Gasteiger partial charge in [-0.2, -0.15) is 0 Å². The van der Waals surface area contributed by atoms with Gasteiger partial charge in [0.1, 0.15) is 39.2 Å². The number of nitrogens with one attached hydrogen (secondary N) is 1. The van der Waals surface area contributed by atoms with Gasteiger partial charge in [-0.15, -0.1) is 0 Å². The summed E-state index contributed by atoms with van der Waals surface area (Å²) in [6, 6.07) is 16.1. The minimum absolute atomic E-state index is 0.167. The van der Waals surface area contributed by atoms with Crippen molar-refractivity contribution in [3.05, 3.63) is 125 Å². The van der Waals surface area contributed by atoms with Crippen molar-refractivity contribution >= 4 is 21.7 Å². The quantitative estimate of drug-likeness (QED) is 0.162. The number of aryl methyl sites for hydroxylation is 2. The fourth-order valence-corrected chi connectivity index (χ4v) is 5.71. The van der Waals surface area contributed by atoms with Crippen molar-refractivity contribution < 1.29 is 36.3 Å². The molecule has 1 unspecified atom stereocenters. The Labute approximate surface area is 280 Å². The number of carbonyl (C=O) groups excluding carboxylic acids is 2. The molecular weight excluding hydrogens is 640 g/mol. The van der Waals surface area contributed by atoms with Gasteiger partial charge in [-0.3, -0.25) is 4.79 Å². The van der Waals surface area contributed by atoms with E-state index in [2.05, 4.69) is 10.3 Å². The van der Waals surface area contributed by atoms with Crippen LogP contribution in [0.1, 0.15) is 65.9 Å². The van der Waals surface area contributed by atoms with E-state index >= 15 is 0 Å². The third-order valence-corrected chi connectivity index (χ3v) is 8.39. The molecule has 3 aromatic carbocycles. The van der Waals surface area contributed by atoms with E-state index in [4.69, 9.17) is 9.47 Å². The zero-order chi connectivity index (χ0) is 34.9. The van der Waals surface area contributed by atoms with Gasteiger partial charge in [-0.1, -0.05) is 36.4 Å². The number of amides is 1. The molecule has 0 fully saturated rings. The van der Waals surface area contributed by atoms with Crippen LogP contribution < -0.4 is 5.32 Å². The van der Waals surface area contributed by atoms with Gasteiger partial charge in [0.25, 0.3) is 5.91 Å². The second-order valence-electron chi connectivity index (χ2n) is 12.6. The first-order chi connectivity index (χ1) is 22.7. The van der Waals surface area contributed by atoms with Gasteiger partial charge >= 0.3 is 5.97 Å². The van der Waals surface area contributed by atoms with Gasteiger partial charge in [0, 0.05) is 30.8 Å². The van der Waals surface area contributed by atoms with Crippen molar-refractivity contribution in [1.82, 2.24) is 14.9 Å². The highest BCUT2D eigenvalue weighted by Crippen LogP contribution is 2.29. The monoisotopic (exact) mass is 681 g/mol. The molecule has 12 heteroatoms. The number of carbonyl (C=O) groups is 2. The van der Waals surface area contributed by atoms with Gasteiger partial charge < -0.3 is 19.4 Å². The van der Waals surface area contributed by atoms with Crippen molar-refractivity contribution in [3.63, 3.8) is 0 Å². The first-order valence-corrected chi connectivity index (χ1v) is 17.6. The largest absolute Gasteiger partial charge is 0.458 e. The summed E-state index contributed by atoms with van der Waals surface area (Å²) in [6.45, 7) is 5.88. The highest BCUT2D eigenvalue weighted by atomic mass is 32.2. The summed E-state index contributed by atoms with van der Waals surface area (Å²) >= 11 is 0. The first kappa shape index (κ1) is 36.4. The van der Waals surface area contributed by atoms with E-state index in [0.29, 0.717) is 42.7 Å². The van der Waals surface area contributed by atoms with E-state index in [1.807, 2.05) is 16.8 Å². The second-order valence-corrected chi connectivity index (χ2v) is 14.9. The molecule has 2 atom stereocenters. The molecule has 48 heavy (non-hydrogen) atoms. The van der Waals surface area contributed by atoms with Crippen molar-refractivity contribution in [2.75, 3.05) is 18.6 Å². The summed E-state index contributed by atoms with van der Waals surface area (Å²) in [6.07, 6.45) is 6.28.